The summed E-state index contributed by atoms with van der Waals surface area (Å²) < 4.78 is 6.77. The van der Waals surface area contributed by atoms with E-state index in [2.05, 4.69) is 114 Å². The highest BCUT2D eigenvalue weighted by Gasteiger charge is 2.16. The summed E-state index contributed by atoms with van der Waals surface area (Å²) in [7, 11) is 0. The van der Waals surface area contributed by atoms with E-state index in [-0.39, 0.29) is 0 Å². The van der Waals surface area contributed by atoms with E-state index in [9.17, 15) is 0 Å². The molecule has 0 radical (unpaired) electrons. The number of aryl methyl sites for hydroxylation is 4. The third-order valence-electron chi connectivity index (χ3n) is 5.54. The van der Waals surface area contributed by atoms with Gasteiger partial charge in [-0.15, -0.1) is 0 Å². The second kappa shape index (κ2) is 7.41. The lowest BCUT2D eigenvalue weighted by atomic mass is 9.94. The fourth-order valence-electron chi connectivity index (χ4n) is 4.09. The average molecular weight is 496 g/mol. The van der Waals surface area contributed by atoms with Gasteiger partial charge in [-0.25, -0.2) is 0 Å². The standard InChI is InChI=1S/C24H20Br2N2/c25-21-3-1-5-23(11-21)27-13-17-7-9-19-15-28(24-6-2-4-22(26)12-24)16-20(19)10-8-18(17)14-27/h1-6,11-16H,7-10H2. The minimum atomic E-state index is 1.09. The SMILES string of the molecule is Brc1cccc(-n2cc3c(c2)CCc2cn(-c4cccc(Br)c4)cc2CC3)c1. The first-order valence-electron chi connectivity index (χ1n) is 9.57. The van der Waals surface area contributed by atoms with Crippen molar-refractivity contribution in [3.63, 3.8) is 0 Å². The molecule has 2 heterocycles. The topological polar surface area (TPSA) is 9.86 Å². The molecular weight excluding hydrogens is 476 g/mol. The molecule has 0 unspecified atom stereocenters. The van der Waals surface area contributed by atoms with Crippen LogP contribution in [-0.4, -0.2) is 9.13 Å². The van der Waals surface area contributed by atoms with Gasteiger partial charge in [-0.3, -0.25) is 0 Å². The molecule has 2 nitrogen and oxygen atoms in total. The van der Waals surface area contributed by atoms with Crippen LogP contribution in [-0.2, 0) is 25.7 Å². The maximum atomic E-state index is 3.58. The van der Waals surface area contributed by atoms with Crippen LogP contribution >= 0.6 is 31.9 Å². The van der Waals surface area contributed by atoms with Crippen molar-refractivity contribution in [1.82, 2.24) is 9.13 Å². The van der Waals surface area contributed by atoms with Gasteiger partial charge in [0.25, 0.3) is 0 Å². The number of halogens is 2. The molecule has 4 heteroatoms. The van der Waals surface area contributed by atoms with E-state index in [0.717, 1.165) is 34.6 Å². The van der Waals surface area contributed by atoms with Crippen molar-refractivity contribution in [3.8, 4) is 11.4 Å². The first kappa shape index (κ1) is 18.0. The zero-order chi connectivity index (χ0) is 19.1. The zero-order valence-corrected chi connectivity index (χ0v) is 18.6. The summed E-state index contributed by atoms with van der Waals surface area (Å²) in [6.45, 7) is 0. The van der Waals surface area contributed by atoms with Gasteiger partial charge in [-0.2, -0.15) is 0 Å². The second-order valence-electron chi connectivity index (χ2n) is 7.39. The highest BCUT2D eigenvalue weighted by Crippen LogP contribution is 2.27. The van der Waals surface area contributed by atoms with Gasteiger partial charge in [0.1, 0.15) is 0 Å². The van der Waals surface area contributed by atoms with Crippen LogP contribution in [0.4, 0.5) is 0 Å². The maximum absolute atomic E-state index is 3.58. The Hall–Kier alpha value is -2.04. The molecular formula is C24H20Br2N2. The molecule has 140 valence electrons. The van der Waals surface area contributed by atoms with Gasteiger partial charge in [0, 0.05) is 45.1 Å². The maximum Gasteiger partial charge on any atom is 0.0460 e. The van der Waals surface area contributed by atoms with Crippen molar-refractivity contribution in [2.75, 3.05) is 0 Å². The first-order chi connectivity index (χ1) is 13.7. The van der Waals surface area contributed by atoms with Gasteiger partial charge in [-0.1, -0.05) is 44.0 Å². The van der Waals surface area contributed by atoms with Crippen LogP contribution in [0.3, 0.4) is 0 Å². The summed E-state index contributed by atoms with van der Waals surface area (Å²) in [5.41, 5.74) is 8.31. The molecule has 0 saturated heterocycles. The molecule has 1 aliphatic rings. The Balaban J connectivity index is 1.43. The fourth-order valence-corrected chi connectivity index (χ4v) is 4.86. The number of nitrogens with zero attached hydrogens (tertiary/aromatic N) is 2. The summed E-state index contributed by atoms with van der Waals surface area (Å²) in [4.78, 5) is 0. The number of hydrogen-bond donors (Lipinski definition) is 0. The van der Waals surface area contributed by atoms with E-state index in [4.69, 9.17) is 0 Å². The number of hydrogen-bond acceptors (Lipinski definition) is 0. The Bertz CT molecular complexity index is 1020. The number of fused-ring (bicyclic) bond motifs is 2. The van der Waals surface area contributed by atoms with Gasteiger partial charge in [0.2, 0.25) is 0 Å². The van der Waals surface area contributed by atoms with Crippen molar-refractivity contribution in [1.29, 1.82) is 0 Å². The lowest BCUT2D eigenvalue weighted by Gasteiger charge is -2.09. The number of rotatable bonds is 2. The van der Waals surface area contributed by atoms with Gasteiger partial charge in [-0.05, 0) is 84.3 Å². The van der Waals surface area contributed by atoms with Gasteiger partial charge in [0.05, 0.1) is 0 Å². The molecule has 2 aromatic heterocycles. The van der Waals surface area contributed by atoms with Crippen LogP contribution in [0.2, 0.25) is 0 Å². The predicted molar refractivity (Wildman–Crippen MR) is 122 cm³/mol. The van der Waals surface area contributed by atoms with E-state index >= 15 is 0 Å². The summed E-state index contributed by atoms with van der Waals surface area (Å²) in [5, 5.41) is 0. The summed E-state index contributed by atoms with van der Waals surface area (Å²) in [5.74, 6) is 0. The minimum Gasteiger partial charge on any atom is -0.323 e. The van der Waals surface area contributed by atoms with Crippen molar-refractivity contribution in [2.45, 2.75) is 25.7 Å². The second-order valence-corrected chi connectivity index (χ2v) is 9.22. The van der Waals surface area contributed by atoms with Crippen LogP contribution in [0, 0.1) is 0 Å². The molecule has 0 atom stereocenters. The summed E-state index contributed by atoms with van der Waals surface area (Å²) >= 11 is 7.16. The summed E-state index contributed by atoms with van der Waals surface area (Å²) in [6, 6.07) is 17.0. The van der Waals surface area contributed by atoms with Crippen LogP contribution in [0.25, 0.3) is 11.4 Å². The van der Waals surface area contributed by atoms with Crippen molar-refractivity contribution in [2.24, 2.45) is 0 Å². The molecule has 5 rings (SSSR count). The molecule has 28 heavy (non-hydrogen) atoms. The molecule has 0 spiro atoms. The first-order valence-corrected chi connectivity index (χ1v) is 11.2. The van der Waals surface area contributed by atoms with Crippen LogP contribution < -0.4 is 0 Å². The summed E-state index contributed by atoms with van der Waals surface area (Å²) in [6.07, 6.45) is 13.6. The highest BCUT2D eigenvalue weighted by atomic mass is 79.9. The van der Waals surface area contributed by atoms with Gasteiger partial charge in [0.15, 0.2) is 0 Å². The Morgan fingerprint density at radius 2 is 0.893 bits per heavy atom. The van der Waals surface area contributed by atoms with Crippen molar-refractivity contribution < 1.29 is 0 Å². The number of aromatic nitrogens is 2. The van der Waals surface area contributed by atoms with E-state index in [1.165, 1.54) is 33.6 Å². The van der Waals surface area contributed by atoms with Gasteiger partial charge >= 0.3 is 0 Å². The fraction of sp³-hybridized carbons (Fsp3) is 0.167. The molecule has 1 aliphatic carbocycles. The molecule has 0 N–H and O–H groups in total. The smallest absolute Gasteiger partial charge is 0.0460 e. The molecule has 0 bridgehead atoms. The Kier molecular flexibility index (Phi) is 4.77. The monoisotopic (exact) mass is 494 g/mol. The molecule has 0 amide bonds. The highest BCUT2D eigenvalue weighted by molar-refractivity contribution is 9.10. The molecule has 0 aliphatic heterocycles. The minimum absolute atomic E-state index is 1.09. The zero-order valence-electron chi connectivity index (χ0n) is 15.4. The van der Waals surface area contributed by atoms with Crippen LogP contribution in [0.15, 0.2) is 82.3 Å². The van der Waals surface area contributed by atoms with Gasteiger partial charge < -0.3 is 9.13 Å². The molecule has 0 fully saturated rings. The predicted octanol–water partition coefficient (Wildman–Crippen LogP) is 6.68. The lowest BCUT2D eigenvalue weighted by molar-refractivity contribution is 0.853. The normalized spacial score (nSPS) is 13.5. The van der Waals surface area contributed by atoms with Crippen LogP contribution in [0.1, 0.15) is 22.3 Å². The molecule has 2 aromatic carbocycles. The van der Waals surface area contributed by atoms with E-state index in [0.29, 0.717) is 0 Å². The van der Waals surface area contributed by atoms with Crippen molar-refractivity contribution in [3.05, 3.63) is 105 Å². The average Bonchev–Trinajstić information content (AvgIpc) is 3.26. The number of benzene rings is 2. The third-order valence-corrected chi connectivity index (χ3v) is 6.53. The quantitative estimate of drug-likeness (QED) is 0.293. The Morgan fingerprint density at radius 3 is 1.21 bits per heavy atom. The molecule has 0 saturated carbocycles. The van der Waals surface area contributed by atoms with E-state index in [1.54, 1.807) is 0 Å². The lowest BCUT2D eigenvalue weighted by Crippen LogP contribution is -2.02. The Morgan fingerprint density at radius 1 is 0.536 bits per heavy atom. The molecule has 4 aromatic rings. The van der Waals surface area contributed by atoms with Crippen LogP contribution in [0.5, 0.6) is 0 Å². The Labute approximate surface area is 182 Å². The largest absolute Gasteiger partial charge is 0.323 e. The third kappa shape index (κ3) is 3.51. The van der Waals surface area contributed by atoms with Crippen molar-refractivity contribution >= 4 is 31.9 Å². The van der Waals surface area contributed by atoms with E-state index in [1.807, 2.05) is 0 Å². The van der Waals surface area contributed by atoms with E-state index < -0.39 is 0 Å².